The van der Waals surface area contributed by atoms with Crippen molar-refractivity contribution in [2.24, 2.45) is 0 Å². The molecule has 0 spiro atoms. The lowest BCUT2D eigenvalue weighted by atomic mass is 10.3. The van der Waals surface area contributed by atoms with Crippen LogP contribution < -0.4 is 0 Å². The minimum Gasteiger partial charge on any atom is -0.306 e. The van der Waals surface area contributed by atoms with E-state index < -0.39 is 0 Å². The summed E-state index contributed by atoms with van der Waals surface area (Å²) in [4.78, 5) is 14.7. The number of rotatable bonds is 2. The van der Waals surface area contributed by atoms with Gasteiger partial charge in [-0.05, 0) is 30.7 Å². The van der Waals surface area contributed by atoms with Gasteiger partial charge in [0.1, 0.15) is 11.9 Å². The molecule has 0 aromatic carbocycles. The second-order valence-electron chi connectivity index (χ2n) is 3.14. The van der Waals surface area contributed by atoms with Crippen LogP contribution in [-0.4, -0.2) is 15.7 Å². The molecule has 0 aliphatic rings. The molecule has 2 rings (SSSR count). The fourth-order valence-corrected chi connectivity index (χ4v) is 1.29. The standard InChI is InChI=1S/C11H10N2O/c1-9(8-14)6-10-7-13-5-3-2-4-11(13)12-10/h2-8H,1H3. The number of hydrogen-bond donors (Lipinski definition) is 0. The Morgan fingerprint density at radius 3 is 3.07 bits per heavy atom. The number of aldehydes is 1. The quantitative estimate of drug-likeness (QED) is 0.530. The predicted molar refractivity (Wildman–Crippen MR) is 54.9 cm³/mol. The molecular formula is C11H10N2O. The Labute approximate surface area is 81.7 Å². The lowest BCUT2D eigenvalue weighted by molar-refractivity contribution is -0.104. The van der Waals surface area contributed by atoms with Crippen molar-refractivity contribution in [1.82, 2.24) is 9.38 Å². The highest BCUT2D eigenvalue weighted by Gasteiger charge is 1.97. The Morgan fingerprint density at radius 2 is 2.36 bits per heavy atom. The lowest BCUT2D eigenvalue weighted by Gasteiger charge is -1.86. The Hall–Kier alpha value is -1.90. The van der Waals surface area contributed by atoms with E-state index in [2.05, 4.69) is 4.98 Å². The van der Waals surface area contributed by atoms with Gasteiger partial charge in [-0.2, -0.15) is 0 Å². The molecule has 0 unspecified atom stereocenters. The monoisotopic (exact) mass is 186 g/mol. The van der Waals surface area contributed by atoms with Crippen LogP contribution in [0.15, 0.2) is 36.2 Å². The van der Waals surface area contributed by atoms with Crippen molar-refractivity contribution in [2.45, 2.75) is 6.92 Å². The van der Waals surface area contributed by atoms with Crippen molar-refractivity contribution in [2.75, 3.05) is 0 Å². The Morgan fingerprint density at radius 1 is 1.50 bits per heavy atom. The summed E-state index contributed by atoms with van der Waals surface area (Å²) in [6, 6.07) is 5.80. The summed E-state index contributed by atoms with van der Waals surface area (Å²) in [5.41, 5.74) is 2.37. The molecule has 0 aliphatic carbocycles. The van der Waals surface area contributed by atoms with Gasteiger partial charge in [0.05, 0.1) is 5.69 Å². The number of fused-ring (bicyclic) bond motifs is 1. The first-order valence-electron chi connectivity index (χ1n) is 4.37. The maximum atomic E-state index is 10.4. The topological polar surface area (TPSA) is 34.4 Å². The molecule has 14 heavy (non-hydrogen) atoms. The second kappa shape index (κ2) is 3.46. The molecule has 2 aromatic rings. The van der Waals surface area contributed by atoms with Crippen LogP contribution >= 0.6 is 0 Å². The summed E-state index contributed by atoms with van der Waals surface area (Å²) >= 11 is 0. The highest BCUT2D eigenvalue weighted by atomic mass is 16.1. The minimum absolute atomic E-state index is 0.674. The average molecular weight is 186 g/mol. The van der Waals surface area contributed by atoms with Gasteiger partial charge in [0.25, 0.3) is 0 Å². The zero-order chi connectivity index (χ0) is 9.97. The molecule has 0 atom stereocenters. The smallest absolute Gasteiger partial charge is 0.145 e. The summed E-state index contributed by atoms with van der Waals surface area (Å²) in [5.74, 6) is 0. The Kier molecular flexibility index (Phi) is 2.14. The maximum absolute atomic E-state index is 10.4. The fraction of sp³-hybridized carbons (Fsp3) is 0.0909. The van der Waals surface area contributed by atoms with Crippen molar-refractivity contribution in [1.29, 1.82) is 0 Å². The van der Waals surface area contributed by atoms with Crippen LogP contribution in [0.5, 0.6) is 0 Å². The van der Waals surface area contributed by atoms with Crippen LogP contribution in [0.4, 0.5) is 0 Å². The van der Waals surface area contributed by atoms with Crippen LogP contribution in [0, 0.1) is 0 Å². The van der Waals surface area contributed by atoms with Crippen LogP contribution in [0.25, 0.3) is 11.7 Å². The number of carbonyl (C=O) groups is 1. The molecule has 70 valence electrons. The minimum atomic E-state index is 0.674. The van der Waals surface area contributed by atoms with Gasteiger partial charge in [0, 0.05) is 12.4 Å². The van der Waals surface area contributed by atoms with E-state index in [1.165, 1.54) is 0 Å². The molecular weight excluding hydrogens is 176 g/mol. The van der Waals surface area contributed by atoms with Crippen molar-refractivity contribution in [3.63, 3.8) is 0 Å². The van der Waals surface area contributed by atoms with Crippen molar-refractivity contribution < 1.29 is 4.79 Å². The molecule has 0 N–H and O–H groups in total. The summed E-state index contributed by atoms with van der Waals surface area (Å²) in [5, 5.41) is 0. The number of pyridine rings is 1. The zero-order valence-corrected chi connectivity index (χ0v) is 7.84. The molecule has 0 saturated heterocycles. The molecule has 0 bridgehead atoms. The number of hydrogen-bond acceptors (Lipinski definition) is 2. The predicted octanol–water partition coefficient (Wildman–Crippen LogP) is 1.94. The first-order valence-corrected chi connectivity index (χ1v) is 4.37. The fourth-order valence-electron chi connectivity index (χ4n) is 1.29. The highest BCUT2D eigenvalue weighted by Crippen LogP contribution is 2.07. The van der Waals surface area contributed by atoms with E-state index in [0.29, 0.717) is 5.57 Å². The van der Waals surface area contributed by atoms with Gasteiger partial charge < -0.3 is 4.40 Å². The number of carbonyl (C=O) groups excluding carboxylic acids is 1. The van der Waals surface area contributed by atoms with Gasteiger partial charge >= 0.3 is 0 Å². The normalized spacial score (nSPS) is 11.9. The Balaban J connectivity index is 2.50. The molecule has 3 nitrogen and oxygen atoms in total. The van der Waals surface area contributed by atoms with E-state index in [0.717, 1.165) is 17.6 Å². The second-order valence-corrected chi connectivity index (χ2v) is 3.14. The molecule has 2 heterocycles. The number of imidazole rings is 1. The van der Waals surface area contributed by atoms with Crippen LogP contribution in [-0.2, 0) is 4.79 Å². The third kappa shape index (κ3) is 1.57. The average Bonchev–Trinajstić information content (AvgIpc) is 2.59. The van der Waals surface area contributed by atoms with Crippen molar-refractivity contribution in [3.8, 4) is 0 Å². The maximum Gasteiger partial charge on any atom is 0.145 e. The summed E-state index contributed by atoms with van der Waals surface area (Å²) in [6.45, 7) is 1.76. The van der Waals surface area contributed by atoms with E-state index in [1.54, 1.807) is 13.0 Å². The number of allylic oxidation sites excluding steroid dienone is 1. The van der Waals surface area contributed by atoms with E-state index in [-0.39, 0.29) is 0 Å². The third-order valence-corrected chi connectivity index (χ3v) is 1.94. The molecule has 0 fully saturated rings. The largest absolute Gasteiger partial charge is 0.306 e. The molecule has 0 saturated carbocycles. The van der Waals surface area contributed by atoms with E-state index >= 15 is 0 Å². The molecule has 0 radical (unpaired) electrons. The van der Waals surface area contributed by atoms with Gasteiger partial charge in [0.2, 0.25) is 0 Å². The molecule has 0 aliphatic heterocycles. The summed E-state index contributed by atoms with van der Waals surface area (Å²) in [6.07, 6.45) is 6.41. The van der Waals surface area contributed by atoms with Crippen molar-refractivity contribution in [3.05, 3.63) is 41.9 Å². The van der Waals surface area contributed by atoms with Crippen LogP contribution in [0.3, 0.4) is 0 Å². The zero-order valence-electron chi connectivity index (χ0n) is 7.84. The first-order chi connectivity index (χ1) is 6.79. The first kappa shape index (κ1) is 8.69. The summed E-state index contributed by atoms with van der Waals surface area (Å²) in [7, 11) is 0. The van der Waals surface area contributed by atoms with Crippen LogP contribution in [0.1, 0.15) is 12.6 Å². The van der Waals surface area contributed by atoms with Crippen LogP contribution in [0.2, 0.25) is 0 Å². The third-order valence-electron chi connectivity index (χ3n) is 1.94. The van der Waals surface area contributed by atoms with Gasteiger partial charge in [-0.25, -0.2) is 4.98 Å². The van der Waals surface area contributed by atoms with E-state index in [1.807, 2.05) is 35.0 Å². The Bertz CT molecular complexity index is 464. The van der Waals surface area contributed by atoms with Gasteiger partial charge in [-0.1, -0.05) is 6.07 Å². The lowest BCUT2D eigenvalue weighted by Crippen LogP contribution is -1.77. The summed E-state index contributed by atoms with van der Waals surface area (Å²) < 4.78 is 1.92. The van der Waals surface area contributed by atoms with Gasteiger partial charge in [-0.15, -0.1) is 0 Å². The SMILES string of the molecule is CC(C=O)=Cc1cn2ccccc2n1. The number of nitrogens with zero attached hydrogens (tertiary/aromatic N) is 2. The molecule has 3 heteroatoms. The molecule has 0 amide bonds. The van der Waals surface area contributed by atoms with E-state index in [4.69, 9.17) is 0 Å². The molecule has 2 aromatic heterocycles. The van der Waals surface area contributed by atoms with Crippen molar-refractivity contribution >= 4 is 18.0 Å². The van der Waals surface area contributed by atoms with Gasteiger partial charge in [-0.3, -0.25) is 4.79 Å². The van der Waals surface area contributed by atoms with E-state index in [9.17, 15) is 4.79 Å². The highest BCUT2D eigenvalue weighted by molar-refractivity contribution is 5.80. The number of aromatic nitrogens is 2. The van der Waals surface area contributed by atoms with Gasteiger partial charge in [0.15, 0.2) is 0 Å².